The molecule has 1 aromatic carbocycles. The quantitative estimate of drug-likeness (QED) is 0.894. The molecular weight excluding hydrogens is 279 g/mol. The van der Waals surface area contributed by atoms with Gasteiger partial charge in [0.1, 0.15) is 5.78 Å². The zero-order valence-electron chi connectivity index (χ0n) is 12.6. The van der Waals surface area contributed by atoms with Crippen LogP contribution in [0.25, 0.3) is 0 Å². The van der Waals surface area contributed by atoms with Gasteiger partial charge >= 0.3 is 6.18 Å². The monoisotopic (exact) mass is 301 g/mol. The number of halogens is 3. The topological polar surface area (TPSA) is 43.1 Å². The highest BCUT2D eigenvalue weighted by molar-refractivity contribution is 5.81. The maximum atomic E-state index is 12.6. The summed E-state index contributed by atoms with van der Waals surface area (Å²) in [5.41, 5.74) is 5.58. The minimum atomic E-state index is -4.39. The van der Waals surface area contributed by atoms with Crippen molar-refractivity contribution >= 4 is 5.78 Å². The third-order valence-corrected chi connectivity index (χ3v) is 3.02. The minimum absolute atomic E-state index is 0.0121. The van der Waals surface area contributed by atoms with Crippen molar-refractivity contribution < 1.29 is 18.0 Å². The maximum absolute atomic E-state index is 12.6. The van der Waals surface area contributed by atoms with Crippen molar-refractivity contribution in [3.05, 3.63) is 35.4 Å². The first-order valence-electron chi connectivity index (χ1n) is 6.91. The molecule has 118 valence electrons. The number of Topliss-reactive ketones (excluding diaryl/α,β-unsaturated/α-hetero) is 1. The molecule has 0 aromatic heterocycles. The summed E-state index contributed by atoms with van der Waals surface area (Å²) in [4.78, 5) is 11.9. The highest BCUT2D eigenvalue weighted by Gasteiger charge is 2.30. The van der Waals surface area contributed by atoms with Crippen LogP contribution in [-0.2, 0) is 17.4 Å². The minimum Gasteiger partial charge on any atom is -0.327 e. The van der Waals surface area contributed by atoms with Crippen molar-refractivity contribution in [2.24, 2.45) is 11.1 Å². The van der Waals surface area contributed by atoms with E-state index < -0.39 is 11.7 Å². The van der Waals surface area contributed by atoms with Crippen LogP contribution in [0.4, 0.5) is 13.2 Å². The first kappa shape index (κ1) is 17.7. The van der Waals surface area contributed by atoms with Crippen LogP contribution in [-0.4, -0.2) is 11.8 Å². The number of carbonyl (C=O) groups excluding carboxylic acids is 1. The Kier molecular flexibility index (Phi) is 5.56. The molecule has 0 aliphatic heterocycles. The summed E-state index contributed by atoms with van der Waals surface area (Å²) in [5, 5.41) is 0. The number of benzene rings is 1. The molecule has 0 aliphatic rings. The van der Waals surface area contributed by atoms with E-state index in [2.05, 4.69) is 0 Å². The van der Waals surface area contributed by atoms with E-state index in [9.17, 15) is 18.0 Å². The molecule has 1 aromatic rings. The van der Waals surface area contributed by atoms with Crippen LogP contribution in [0.1, 0.15) is 44.7 Å². The molecule has 0 saturated carbocycles. The van der Waals surface area contributed by atoms with Gasteiger partial charge in [0, 0.05) is 18.9 Å². The van der Waals surface area contributed by atoms with E-state index in [1.807, 2.05) is 20.8 Å². The molecule has 1 atom stereocenters. The average Bonchev–Trinajstić information content (AvgIpc) is 2.24. The number of ketones is 1. The van der Waals surface area contributed by atoms with Gasteiger partial charge in [0.25, 0.3) is 0 Å². The summed E-state index contributed by atoms with van der Waals surface area (Å²) in [6.45, 7) is 6.10. The normalized spacial score (nSPS) is 14.0. The van der Waals surface area contributed by atoms with Crippen LogP contribution in [0.2, 0.25) is 0 Å². The Balaban J connectivity index is 2.63. The van der Waals surface area contributed by atoms with Gasteiger partial charge in [-0.05, 0) is 23.5 Å². The van der Waals surface area contributed by atoms with Crippen LogP contribution in [0.15, 0.2) is 24.3 Å². The molecule has 1 rings (SSSR count). The Labute approximate surface area is 123 Å². The van der Waals surface area contributed by atoms with Gasteiger partial charge < -0.3 is 5.73 Å². The molecule has 0 amide bonds. The predicted molar refractivity (Wildman–Crippen MR) is 76.8 cm³/mol. The van der Waals surface area contributed by atoms with Crippen LogP contribution in [0.5, 0.6) is 0 Å². The molecule has 0 radical (unpaired) electrons. The van der Waals surface area contributed by atoms with Gasteiger partial charge in [-0.25, -0.2) is 0 Å². The Morgan fingerprint density at radius 3 is 2.38 bits per heavy atom. The molecule has 0 aliphatic carbocycles. The number of rotatable bonds is 5. The summed E-state index contributed by atoms with van der Waals surface area (Å²) in [5.74, 6) is -0.133. The SMILES string of the molecule is CC(C)(C)CC(N)CC(=O)Cc1cccc(C(F)(F)F)c1. The van der Waals surface area contributed by atoms with Gasteiger partial charge in [0.2, 0.25) is 0 Å². The summed E-state index contributed by atoms with van der Waals surface area (Å²) in [7, 11) is 0. The van der Waals surface area contributed by atoms with Crippen molar-refractivity contribution in [1.29, 1.82) is 0 Å². The van der Waals surface area contributed by atoms with Crippen LogP contribution in [0.3, 0.4) is 0 Å². The number of hydrogen-bond donors (Lipinski definition) is 1. The molecule has 0 saturated heterocycles. The second kappa shape index (κ2) is 6.60. The second-order valence-corrected chi connectivity index (χ2v) is 6.64. The van der Waals surface area contributed by atoms with Gasteiger partial charge in [-0.15, -0.1) is 0 Å². The molecule has 21 heavy (non-hydrogen) atoms. The number of hydrogen-bond acceptors (Lipinski definition) is 2. The third kappa shape index (κ3) is 6.76. The zero-order chi connectivity index (χ0) is 16.3. The smallest absolute Gasteiger partial charge is 0.327 e. The molecule has 5 heteroatoms. The van der Waals surface area contributed by atoms with Crippen molar-refractivity contribution in [1.82, 2.24) is 0 Å². The summed E-state index contributed by atoms with van der Waals surface area (Å²) in [6, 6.07) is 4.61. The number of alkyl halides is 3. The van der Waals surface area contributed by atoms with E-state index in [0.717, 1.165) is 12.1 Å². The molecule has 1 unspecified atom stereocenters. The Bertz CT molecular complexity index is 489. The van der Waals surface area contributed by atoms with Gasteiger partial charge in [0.05, 0.1) is 5.56 Å². The molecule has 0 bridgehead atoms. The lowest BCUT2D eigenvalue weighted by Crippen LogP contribution is -2.29. The molecule has 2 N–H and O–H groups in total. The Morgan fingerprint density at radius 1 is 1.24 bits per heavy atom. The summed E-state index contributed by atoms with van der Waals surface area (Å²) in [6.07, 6.45) is -3.52. The Morgan fingerprint density at radius 2 is 1.86 bits per heavy atom. The Hall–Kier alpha value is -1.36. The third-order valence-electron chi connectivity index (χ3n) is 3.02. The second-order valence-electron chi connectivity index (χ2n) is 6.64. The number of carbonyl (C=O) groups is 1. The van der Waals surface area contributed by atoms with E-state index in [1.54, 1.807) is 0 Å². The summed E-state index contributed by atoms with van der Waals surface area (Å²) >= 11 is 0. The van der Waals surface area contributed by atoms with E-state index in [-0.39, 0.29) is 30.1 Å². The highest BCUT2D eigenvalue weighted by atomic mass is 19.4. The largest absolute Gasteiger partial charge is 0.416 e. The lowest BCUT2D eigenvalue weighted by Gasteiger charge is -2.22. The fourth-order valence-electron chi connectivity index (χ4n) is 2.31. The molecule has 2 nitrogen and oxygen atoms in total. The lowest BCUT2D eigenvalue weighted by molar-refractivity contribution is -0.137. The van der Waals surface area contributed by atoms with E-state index in [1.165, 1.54) is 12.1 Å². The van der Waals surface area contributed by atoms with E-state index >= 15 is 0 Å². The van der Waals surface area contributed by atoms with Gasteiger partial charge in [-0.2, -0.15) is 13.2 Å². The van der Waals surface area contributed by atoms with Crippen molar-refractivity contribution in [3.63, 3.8) is 0 Å². The van der Waals surface area contributed by atoms with E-state index in [0.29, 0.717) is 12.0 Å². The first-order chi connectivity index (χ1) is 9.47. The van der Waals surface area contributed by atoms with Crippen molar-refractivity contribution in [2.75, 3.05) is 0 Å². The zero-order valence-corrected chi connectivity index (χ0v) is 12.6. The highest BCUT2D eigenvalue weighted by Crippen LogP contribution is 2.29. The van der Waals surface area contributed by atoms with E-state index in [4.69, 9.17) is 5.73 Å². The molecular formula is C16H22F3NO. The fraction of sp³-hybridized carbons (Fsp3) is 0.562. The van der Waals surface area contributed by atoms with Gasteiger partial charge in [-0.3, -0.25) is 4.79 Å². The van der Waals surface area contributed by atoms with Crippen LogP contribution >= 0.6 is 0 Å². The molecule has 0 heterocycles. The average molecular weight is 301 g/mol. The first-order valence-corrected chi connectivity index (χ1v) is 6.91. The maximum Gasteiger partial charge on any atom is 0.416 e. The number of nitrogens with two attached hydrogens (primary N) is 1. The lowest BCUT2D eigenvalue weighted by atomic mass is 9.86. The van der Waals surface area contributed by atoms with Crippen molar-refractivity contribution in [3.8, 4) is 0 Å². The van der Waals surface area contributed by atoms with Crippen molar-refractivity contribution in [2.45, 2.75) is 52.3 Å². The van der Waals surface area contributed by atoms with Crippen LogP contribution < -0.4 is 5.73 Å². The van der Waals surface area contributed by atoms with Gasteiger partial charge in [-0.1, -0.05) is 39.0 Å². The predicted octanol–water partition coefficient (Wildman–Crippen LogP) is 3.97. The van der Waals surface area contributed by atoms with Gasteiger partial charge in [0.15, 0.2) is 0 Å². The molecule has 0 fully saturated rings. The molecule has 0 spiro atoms. The van der Waals surface area contributed by atoms with Crippen LogP contribution in [0, 0.1) is 5.41 Å². The summed E-state index contributed by atoms with van der Waals surface area (Å²) < 4.78 is 37.8. The standard InChI is InChI=1S/C16H22F3NO/c1-15(2,3)10-13(20)9-14(21)8-11-5-4-6-12(7-11)16(17,18)19/h4-7,13H,8-10,20H2,1-3H3. The fourth-order valence-corrected chi connectivity index (χ4v) is 2.31.